The third-order valence-corrected chi connectivity index (χ3v) is 3.15. The molecule has 0 saturated heterocycles. The average molecular weight is 272 g/mol. The van der Waals surface area contributed by atoms with Crippen molar-refractivity contribution in [2.75, 3.05) is 5.32 Å². The molecule has 0 bridgehead atoms. The van der Waals surface area contributed by atoms with Gasteiger partial charge < -0.3 is 5.32 Å². The van der Waals surface area contributed by atoms with Gasteiger partial charge >= 0.3 is 0 Å². The van der Waals surface area contributed by atoms with E-state index in [1.165, 1.54) is 0 Å². The van der Waals surface area contributed by atoms with Crippen LogP contribution in [0.5, 0.6) is 0 Å². The lowest BCUT2D eigenvalue weighted by atomic mass is 10.1. The van der Waals surface area contributed by atoms with Crippen LogP contribution in [-0.4, -0.2) is 4.98 Å². The summed E-state index contributed by atoms with van der Waals surface area (Å²) in [5.41, 5.74) is 4.15. The van der Waals surface area contributed by atoms with E-state index in [1.54, 1.807) is 0 Å². The number of nitrogens with one attached hydrogen (secondary N) is 1. The number of pyridine rings is 1. The molecule has 4 heteroatoms. The molecule has 0 amide bonds. The number of anilines is 2. The topological polar surface area (TPSA) is 48.7 Å². The van der Waals surface area contributed by atoms with Crippen molar-refractivity contribution < 1.29 is 0 Å². The summed E-state index contributed by atoms with van der Waals surface area (Å²) in [5.74, 6) is 0.547. The first-order valence-electron chi connectivity index (χ1n) is 5.93. The van der Waals surface area contributed by atoms with E-state index in [0.29, 0.717) is 16.4 Å². The van der Waals surface area contributed by atoms with Crippen LogP contribution < -0.4 is 5.32 Å². The molecule has 0 aliphatic heterocycles. The van der Waals surface area contributed by atoms with Crippen molar-refractivity contribution >= 4 is 23.1 Å². The van der Waals surface area contributed by atoms with Gasteiger partial charge in [0.25, 0.3) is 0 Å². The molecule has 1 aromatic heterocycles. The zero-order valence-corrected chi connectivity index (χ0v) is 11.8. The largest absolute Gasteiger partial charge is 0.338 e. The maximum atomic E-state index is 9.22. The number of aryl methyl sites for hydroxylation is 3. The van der Waals surface area contributed by atoms with Gasteiger partial charge in [-0.15, -0.1) is 0 Å². The normalized spacial score (nSPS) is 10.1. The van der Waals surface area contributed by atoms with E-state index in [1.807, 2.05) is 45.0 Å². The Morgan fingerprint density at radius 2 is 1.95 bits per heavy atom. The number of benzene rings is 1. The lowest BCUT2D eigenvalue weighted by Gasteiger charge is -2.12. The van der Waals surface area contributed by atoms with E-state index < -0.39 is 0 Å². The first kappa shape index (κ1) is 13.4. The first-order valence-corrected chi connectivity index (χ1v) is 6.30. The van der Waals surface area contributed by atoms with Crippen LogP contribution >= 0.6 is 11.6 Å². The highest BCUT2D eigenvalue weighted by Crippen LogP contribution is 2.28. The molecule has 1 aromatic carbocycles. The van der Waals surface area contributed by atoms with Gasteiger partial charge in [0.15, 0.2) is 0 Å². The van der Waals surface area contributed by atoms with Crippen molar-refractivity contribution in [3.05, 3.63) is 51.7 Å². The highest BCUT2D eigenvalue weighted by molar-refractivity contribution is 6.33. The highest BCUT2D eigenvalue weighted by Gasteiger charge is 2.10. The van der Waals surface area contributed by atoms with E-state index in [4.69, 9.17) is 11.6 Å². The number of nitrogens with zero attached hydrogens (tertiary/aromatic N) is 2. The molecule has 2 rings (SSSR count). The molecule has 0 fully saturated rings. The number of hydrogen-bond acceptors (Lipinski definition) is 3. The molecule has 0 atom stereocenters. The predicted octanol–water partition coefficient (Wildman–Crippen LogP) is 4.28. The molecule has 0 spiro atoms. The summed E-state index contributed by atoms with van der Waals surface area (Å²) in [6.45, 7) is 5.77. The van der Waals surface area contributed by atoms with Gasteiger partial charge in [0.2, 0.25) is 0 Å². The second-order valence-electron chi connectivity index (χ2n) is 4.52. The lowest BCUT2D eigenvalue weighted by molar-refractivity contribution is 1.16. The Morgan fingerprint density at radius 3 is 2.58 bits per heavy atom. The van der Waals surface area contributed by atoms with Crippen molar-refractivity contribution in [2.45, 2.75) is 20.8 Å². The second-order valence-corrected chi connectivity index (χ2v) is 4.93. The van der Waals surface area contributed by atoms with Crippen molar-refractivity contribution in [1.29, 1.82) is 5.26 Å². The summed E-state index contributed by atoms with van der Waals surface area (Å²) >= 11 is 6.18. The summed E-state index contributed by atoms with van der Waals surface area (Å²) in [7, 11) is 0. The van der Waals surface area contributed by atoms with Crippen molar-refractivity contribution in [1.82, 2.24) is 4.98 Å². The number of nitriles is 1. The molecule has 19 heavy (non-hydrogen) atoms. The minimum Gasteiger partial charge on any atom is -0.338 e. The molecule has 0 radical (unpaired) electrons. The fourth-order valence-electron chi connectivity index (χ4n) is 1.92. The standard InChI is InChI=1S/C15H14ClN3/c1-9-4-5-14(13(16)6-9)19-15-12(8-17)10(2)7-11(3)18-15/h4-7H,1-3H3,(H,18,19). The summed E-state index contributed by atoms with van der Waals surface area (Å²) in [4.78, 5) is 4.37. The molecule has 1 N–H and O–H groups in total. The number of halogens is 1. The quantitative estimate of drug-likeness (QED) is 0.887. The zero-order chi connectivity index (χ0) is 14.0. The van der Waals surface area contributed by atoms with Gasteiger partial charge in [0.05, 0.1) is 16.3 Å². The molecule has 0 saturated carbocycles. The number of aromatic nitrogens is 1. The minimum atomic E-state index is 0.544. The smallest absolute Gasteiger partial charge is 0.148 e. The fraction of sp³-hybridized carbons (Fsp3) is 0.200. The van der Waals surface area contributed by atoms with Crippen LogP contribution in [0.25, 0.3) is 0 Å². The SMILES string of the molecule is Cc1ccc(Nc2nc(C)cc(C)c2C#N)c(Cl)c1. The van der Waals surface area contributed by atoms with Crippen LogP contribution in [-0.2, 0) is 0 Å². The zero-order valence-electron chi connectivity index (χ0n) is 11.1. The Morgan fingerprint density at radius 1 is 1.21 bits per heavy atom. The maximum absolute atomic E-state index is 9.22. The van der Waals surface area contributed by atoms with Crippen molar-refractivity contribution in [3.8, 4) is 6.07 Å². The van der Waals surface area contributed by atoms with E-state index in [0.717, 1.165) is 22.5 Å². The Balaban J connectivity index is 2.46. The first-order chi connectivity index (χ1) is 9.01. The molecule has 3 nitrogen and oxygen atoms in total. The Labute approximate surface area is 117 Å². The van der Waals surface area contributed by atoms with Gasteiger partial charge in [-0.05, 0) is 50.1 Å². The van der Waals surface area contributed by atoms with Crippen molar-refractivity contribution in [2.24, 2.45) is 0 Å². The Kier molecular flexibility index (Phi) is 3.73. The van der Waals surface area contributed by atoms with Crippen LogP contribution in [0.15, 0.2) is 24.3 Å². The van der Waals surface area contributed by atoms with Crippen LogP contribution in [0.3, 0.4) is 0 Å². The van der Waals surface area contributed by atoms with Crippen molar-refractivity contribution in [3.63, 3.8) is 0 Å². The van der Waals surface area contributed by atoms with Crippen LogP contribution in [0.4, 0.5) is 11.5 Å². The predicted molar refractivity (Wildman–Crippen MR) is 77.9 cm³/mol. The van der Waals surface area contributed by atoms with E-state index in [9.17, 15) is 5.26 Å². The van der Waals surface area contributed by atoms with Gasteiger partial charge in [-0.3, -0.25) is 0 Å². The molecular formula is C15H14ClN3. The van der Waals surface area contributed by atoms with E-state index in [2.05, 4.69) is 16.4 Å². The minimum absolute atomic E-state index is 0.544. The summed E-state index contributed by atoms with van der Waals surface area (Å²) in [5, 5.41) is 13.0. The third kappa shape index (κ3) is 2.86. The van der Waals surface area contributed by atoms with Gasteiger partial charge in [-0.25, -0.2) is 4.98 Å². The number of hydrogen-bond donors (Lipinski definition) is 1. The van der Waals surface area contributed by atoms with Gasteiger partial charge in [0.1, 0.15) is 11.9 Å². The summed E-state index contributed by atoms with van der Waals surface area (Å²) < 4.78 is 0. The van der Waals surface area contributed by atoms with Gasteiger partial charge in [-0.1, -0.05) is 17.7 Å². The fourth-order valence-corrected chi connectivity index (χ4v) is 2.20. The Hall–Kier alpha value is -2.05. The Bertz CT molecular complexity index is 672. The van der Waals surface area contributed by atoms with Gasteiger partial charge in [-0.2, -0.15) is 5.26 Å². The molecule has 2 aromatic rings. The number of rotatable bonds is 2. The molecular weight excluding hydrogens is 258 g/mol. The summed E-state index contributed by atoms with van der Waals surface area (Å²) in [6.07, 6.45) is 0. The summed E-state index contributed by atoms with van der Waals surface area (Å²) in [6, 6.07) is 9.79. The molecule has 1 heterocycles. The molecule has 96 valence electrons. The maximum Gasteiger partial charge on any atom is 0.148 e. The second kappa shape index (κ2) is 5.29. The lowest BCUT2D eigenvalue weighted by Crippen LogP contribution is -2.01. The van der Waals surface area contributed by atoms with Crippen LogP contribution in [0.2, 0.25) is 5.02 Å². The van der Waals surface area contributed by atoms with E-state index >= 15 is 0 Å². The molecule has 0 aliphatic carbocycles. The molecule has 0 aliphatic rings. The highest BCUT2D eigenvalue weighted by atomic mass is 35.5. The third-order valence-electron chi connectivity index (χ3n) is 2.83. The average Bonchev–Trinajstić information content (AvgIpc) is 2.32. The van der Waals surface area contributed by atoms with Gasteiger partial charge in [0, 0.05) is 5.69 Å². The van der Waals surface area contributed by atoms with Crippen LogP contribution in [0.1, 0.15) is 22.4 Å². The molecule has 0 unspecified atom stereocenters. The monoisotopic (exact) mass is 271 g/mol. The van der Waals surface area contributed by atoms with E-state index in [-0.39, 0.29) is 0 Å². The van der Waals surface area contributed by atoms with Crippen LogP contribution in [0, 0.1) is 32.1 Å².